The molecule has 2 heterocycles. The first kappa shape index (κ1) is 23.6. The van der Waals surface area contributed by atoms with E-state index in [0.717, 1.165) is 37.5 Å². The molecule has 1 aromatic carbocycles. The van der Waals surface area contributed by atoms with Gasteiger partial charge >= 0.3 is 12.0 Å². The molecule has 4 rings (SSSR count). The van der Waals surface area contributed by atoms with Crippen LogP contribution in [0.3, 0.4) is 0 Å². The molecule has 2 aliphatic heterocycles. The van der Waals surface area contributed by atoms with Crippen molar-refractivity contribution in [1.82, 2.24) is 20.4 Å². The van der Waals surface area contributed by atoms with E-state index in [9.17, 15) is 9.59 Å². The van der Waals surface area contributed by atoms with Crippen molar-refractivity contribution in [3.8, 4) is 5.75 Å². The molecule has 2 amide bonds. The Hall–Kier alpha value is -2.58. The summed E-state index contributed by atoms with van der Waals surface area (Å²) in [5.74, 6) is 0.318. The predicted molar refractivity (Wildman–Crippen MR) is 126 cm³/mol. The minimum atomic E-state index is -0.569. The molecule has 1 atom stereocenters. The highest BCUT2D eigenvalue weighted by molar-refractivity contribution is 5.95. The summed E-state index contributed by atoms with van der Waals surface area (Å²) < 4.78 is 10.6. The Morgan fingerprint density at radius 2 is 1.76 bits per heavy atom. The van der Waals surface area contributed by atoms with Gasteiger partial charge in [-0.3, -0.25) is 9.80 Å². The van der Waals surface area contributed by atoms with E-state index in [-0.39, 0.29) is 6.03 Å². The summed E-state index contributed by atoms with van der Waals surface area (Å²) in [7, 11) is 1.38. The van der Waals surface area contributed by atoms with Crippen molar-refractivity contribution in [2.45, 2.75) is 51.1 Å². The zero-order chi connectivity index (χ0) is 23.2. The molecule has 1 saturated heterocycles. The summed E-state index contributed by atoms with van der Waals surface area (Å²) in [6.45, 7) is 6.93. The first-order valence-electron chi connectivity index (χ1n) is 12.2. The average molecular weight is 457 g/mol. The Morgan fingerprint density at radius 3 is 2.39 bits per heavy atom. The fraction of sp³-hybridized carbons (Fsp3) is 0.600. The van der Waals surface area contributed by atoms with Crippen LogP contribution >= 0.6 is 0 Å². The molecule has 2 N–H and O–H groups in total. The molecule has 1 aliphatic carbocycles. The maximum absolute atomic E-state index is 12.8. The Bertz CT molecular complexity index is 856. The summed E-state index contributed by atoms with van der Waals surface area (Å²) in [5.41, 5.74) is 1.89. The molecule has 8 nitrogen and oxygen atoms in total. The number of hydrogen-bond acceptors (Lipinski definition) is 6. The minimum Gasteiger partial charge on any atom is -0.494 e. The number of urea groups is 1. The number of esters is 1. The molecule has 1 aromatic rings. The van der Waals surface area contributed by atoms with Gasteiger partial charge in [-0.15, -0.1) is 0 Å². The number of benzene rings is 1. The third kappa shape index (κ3) is 5.68. The van der Waals surface area contributed by atoms with Crippen LogP contribution in [0.15, 0.2) is 35.5 Å². The van der Waals surface area contributed by atoms with E-state index in [1.54, 1.807) is 0 Å². The number of piperazine rings is 1. The second-order valence-electron chi connectivity index (χ2n) is 9.02. The second kappa shape index (κ2) is 11.0. The molecule has 0 radical (unpaired) electrons. The lowest BCUT2D eigenvalue weighted by atomic mass is 9.93. The van der Waals surface area contributed by atoms with E-state index < -0.39 is 12.0 Å². The van der Waals surface area contributed by atoms with Crippen molar-refractivity contribution in [2.75, 3.05) is 46.4 Å². The summed E-state index contributed by atoms with van der Waals surface area (Å²) in [6, 6.07) is 7.30. The molecular weight excluding hydrogens is 420 g/mol. The highest BCUT2D eigenvalue weighted by Gasteiger charge is 2.35. The Balaban J connectivity index is 1.50. The number of carbonyl (C=O) groups excluding carboxylic acids is 2. The van der Waals surface area contributed by atoms with Gasteiger partial charge < -0.3 is 20.1 Å². The van der Waals surface area contributed by atoms with Crippen LogP contribution in [0.2, 0.25) is 0 Å². The third-order valence-electron chi connectivity index (χ3n) is 6.96. The molecule has 33 heavy (non-hydrogen) atoms. The minimum absolute atomic E-state index is 0.308. The van der Waals surface area contributed by atoms with Gasteiger partial charge in [0.15, 0.2) is 0 Å². The molecule has 2 fully saturated rings. The summed E-state index contributed by atoms with van der Waals surface area (Å²) >= 11 is 0. The van der Waals surface area contributed by atoms with Crippen molar-refractivity contribution in [2.24, 2.45) is 0 Å². The number of amides is 2. The molecule has 3 aliphatic rings. The van der Waals surface area contributed by atoms with Gasteiger partial charge in [0.25, 0.3) is 0 Å². The van der Waals surface area contributed by atoms with E-state index in [2.05, 4.69) is 20.4 Å². The molecule has 1 saturated carbocycles. The lowest BCUT2D eigenvalue weighted by molar-refractivity contribution is -0.136. The van der Waals surface area contributed by atoms with Gasteiger partial charge in [0, 0.05) is 44.5 Å². The summed E-state index contributed by atoms with van der Waals surface area (Å²) in [4.78, 5) is 30.3. The molecule has 0 spiro atoms. The molecular formula is C25H36N4O4. The van der Waals surface area contributed by atoms with Crippen molar-refractivity contribution in [3.05, 3.63) is 41.1 Å². The Morgan fingerprint density at radius 1 is 1.06 bits per heavy atom. The van der Waals surface area contributed by atoms with Crippen LogP contribution < -0.4 is 15.4 Å². The Labute approximate surface area is 196 Å². The number of ether oxygens (including phenoxy) is 2. The maximum Gasteiger partial charge on any atom is 0.338 e. The fourth-order valence-corrected chi connectivity index (χ4v) is 5.22. The topological polar surface area (TPSA) is 83.1 Å². The maximum atomic E-state index is 12.8. The Kier molecular flexibility index (Phi) is 7.88. The zero-order valence-electron chi connectivity index (χ0n) is 19.8. The SMILES string of the molecule is CCOc1ccc([C@H]2NC(=O)NC(CN3CCN(C4CCCCC4)CC3)=C2C(=O)OC)cc1. The highest BCUT2D eigenvalue weighted by atomic mass is 16.5. The number of methoxy groups -OCH3 is 1. The van der Waals surface area contributed by atoms with Gasteiger partial charge in [0.05, 0.1) is 25.3 Å². The normalized spacial score (nSPS) is 23.1. The van der Waals surface area contributed by atoms with Crippen LogP contribution in [0.5, 0.6) is 5.75 Å². The number of carbonyl (C=O) groups is 2. The molecule has 180 valence electrons. The van der Waals surface area contributed by atoms with Gasteiger partial charge in [-0.2, -0.15) is 0 Å². The van der Waals surface area contributed by atoms with Crippen LogP contribution in [0.1, 0.15) is 50.6 Å². The van der Waals surface area contributed by atoms with Crippen molar-refractivity contribution >= 4 is 12.0 Å². The zero-order valence-corrected chi connectivity index (χ0v) is 19.8. The van der Waals surface area contributed by atoms with Crippen LogP contribution in [-0.2, 0) is 9.53 Å². The molecule has 0 bridgehead atoms. The smallest absolute Gasteiger partial charge is 0.338 e. The van der Waals surface area contributed by atoms with Gasteiger partial charge in [-0.25, -0.2) is 9.59 Å². The van der Waals surface area contributed by atoms with Crippen LogP contribution in [0.25, 0.3) is 0 Å². The van der Waals surface area contributed by atoms with Gasteiger partial charge in [-0.05, 0) is 37.5 Å². The fourth-order valence-electron chi connectivity index (χ4n) is 5.22. The lowest BCUT2D eigenvalue weighted by Gasteiger charge is -2.41. The van der Waals surface area contributed by atoms with Gasteiger partial charge in [-0.1, -0.05) is 31.4 Å². The largest absolute Gasteiger partial charge is 0.494 e. The lowest BCUT2D eigenvalue weighted by Crippen LogP contribution is -2.53. The van der Waals surface area contributed by atoms with E-state index >= 15 is 0 Å². The molecule has 0 aromatic heterocycles. The molecule has 0 unspecified atom stereocenters. The quantitative estimate of drug-likeness (QED) is 0.614. The van der Waals surface area contributed by atoms with E-state index in [1.807, 2.05) is 31.2 Å². The van der Waals surface area contributed by atoms with Gasteiger partial charge in [0.1, 0.15) is 5.75 Å². The monoisotopic (exact) mass is 456 g/mol. The van der Waals surface area contributed by atoms with Crippen LogP contribution in [0, 0.1) is 0 Å². The van der Waals surface area contributed by atoms with Crippen molar-refractivity contribution in [3.63, 3.8) is 0 Å². The predicted octanol–water partition coefficient (Wildman–Crippen LogP) is 2.82. The molecule has 8 heteroatoms. The van der Waals surface area contributed by atoms with Crippen LogP contribution in [0.4, 0.5) is 4.79 Å². The first-order chi connectivity index (χ1) is 16.1. The summed E-state index contributed by atoms with van der Waals surface area (Å²) in [6.07, 6.45) is 6.66. The number of rotatable bonds is 7. The second-order valence-corrected chi connectivity index (χ2v) is 9.02. The highest BCUT2D eigenvalue weighted by Crippen LogP contribution is 2.30. The van der Waals surface area contributed by atoms with Crippen molar-refractivity contribution < 1.29 is 19.1 Å². The standard InChI is InChI=1S/C25H36N4O4/c1-3-33-20-11-9-18(10-12-20)23-22(24(30)32-2)21(26-25(31)27-23)17-28-13-15-29(16-14-28)19-7-5-4-6-8-19/h9-12,19,23H,3-8,13-17H2,1-2H3,(H2,26,27,31)/t23-/m1/s1. The van der Waals surface area contributed by atoms with Crippen LogP contribution in [-0.4, -0.2) is 74.3 Å². The van der Waals surface area contributed by atoms with E-state index in [0.29, 0.717) is 30.5 Å². The number of nitrogens with zero attached hydrogens (tertiary/aromatic N) is 2. The summed E-state index contributed by atoms with van der Waals surface area (Å²) in [5, 5.41) is 5.77. The van der Waals surface area contributed by atoms with E-state index in [4.69, 9.17) is 9.47 Å². The average Bonchev–Trinajstić information content (AvgIpc) is 2.85. The first-order valence-corrected chi connectivity index (χ1v) is 12.2. The third-order valence-corrected chi connectivity index (χ3v) is 6.96. The van der Waals surface area contributed by atoms with Crippen molar-refractivity contribution in [1.29, 1.82) is 0 Å². The number of nitrogens with one attached hydrogen (secondary N) is 2. The number of hydrogen-bond donors (Lipinski definition) is 2. The van der Waals surface area contributed by atoms with Gasteiger partial charge in [0.2, 0.25) is 0 Å². The van der Waals surface area contributed by atoms with E-state index in [1.165, 1.54) is 39.2 Å².